The minimum Gasteiger partial charge on any atom is -0.351 e. The van der Waals surface area contributed by atoms with Crippen LogP contribution in [0.5, 0.6) is 0 Å². The van der Waals surface area contributed by atoms with Crippen molar-refractivity contribution < 1.29 is 4.39 Å². The molecule has 0 saturated carbocycles. The number of aliphatic imine (C=N–C) groups is 1. The van der Waals surface area contributed by atoms with Crippen LogP contribution in [0.4, 0.5) is 10.1 Å². The minimum absolute atomic E-state index is 0. The second-order valence-electron chi connectivity index (χ2n) is 4.10. The van der Waals surface area contributed by atoms with Crippen LogP contribution in [0.3, 0.4) is 0 Å². The first kappa shape index (κ1) is 15.8. The van der Waals surface area contributed by atoms with E-state index in [-0.39, 0.29) is 29.8 Å². The molecule has 0 aliphatic carbocycles. The molecule has 0 bridgehead atoms. The number of thioether (sulfide) groups is 1. The highest BCUT2D eigenvalue weighted by Crippen LogP contribution is 2.21. The molecule has 0 atom stereocenters. The molecule has 0 radical (unpaired) electrons. The molecule has 2 nitrogen and oxygen atoms in total. The van der Waals surface area contributed by atoms with Crippen molar-refractivity contribution in [2.75, 3.05) is 19.3 Å². The summed E-state index contributed by atoms with van der Waals surface area (Å²) in [6, 6.07) is 6.67. The van der Waals surface area contributed by atoms with Gasteiger partial charge in [-0.3, -0.25) is 0 Å². The Morgan fingerprint density at radius 2 is 1.89 bits per heavy atom. The molecule has 1 aliphatic rings. The van der Waals surface area contributed by atoms with Crippen LogP contribution in [0.1, 0.15) is 19.3 Å². The second kappa shape index (κ2) is 7.99. The van der Waals surface area contributed by atoms with Crippen LogP contribution in [-0.2, 0) is 0 Å². The summed E-state index contributed by atoms with van der Waals surface area (Å²) >= 11 is 1.59. The average Bonchev–Trinajstić information content (AvgIpc) is 2.39. The molecule has 0 N–H and O–H groups in total. The molecular weight excluding hydrogens is 362 g/mol. The van der Waals surface area contributed by atoms with E-state index in [2.05, 4.69) is 9.89 Å². The number of likely N-dealkylation sites (tertiary alicyclic amines) is 1. The maximum Gasteiger partial charge on any atom is 0.164 e. The molecule has 1 saturated heterocycles. The summed E-state index contributed by atoms with van der Waals surface area (Å²) in [4.78, 5) is 6.68. The van der Waals surface area contributed by atoms with Gasteiger partial charge < -0.3 is 4.90 Å². The Kier molecular flexibility index (Phi) is 6.99. The van der Waals surface area contributed by atoms with Gasteiger partial charge >= 0.3 is 0 Å². The van der Waals surface area contributed by atoms with Crippen LogP contribution in [0.15, 0.2) is 29.3 Å². The van der Waals surface area contributed by atoms with E-state index in [4.69, 9.17) is 0 Å². The minimum atomic E-state index is -0.254. The van der Waals surface area contributed by atoms with E-state index in [0.717, 1.165) is 18.3 Å². The van der Waals surface area contributed by atoms with Crippen LogP contribution in [-0.4, -0.2) is 29.4 Å². The summed E-state index contributed by atoms with van der Waals surface area (Å²) in [5, 5.41) is 0.926. The standard InChI is InChI=1S/C13H17FN2S.HI/c1-17-13(16-9-5-2-6-10-16)15-12-8-4-3-7-11(12)14;/h3-4,7-8H,2,5-6,9-10H2,1H3;1H. The van der Waals surface area contributed by atoms with Crippen molar-refractivity contribution in [3.63, 3.8) is 0 Å². The molecule has 0 spiro atoms. The Hall–Kier alpha value is -0.300. The van der Waals surface area contributed by atoms with E-state index < -0.39 is 0 Å². The van der Waals surface area contributed by atoms with Gasteiger partial charge in [-0.25, -0.2) is 9.38 Å². The number of benzene rings is 1. The van der Waals surface area contributed by atoms with Gasteiger partial charge in [0.05, 0.1) is 0 Å². The highest BCUT2D eigenvalue weighted by atomic mass is 127. The van der Waals surface area contributed by atoms with Crippen molar-refractivity contribution in [2.24, 2.45) is 4.99 Å². The van der Waals surface area contributed by atoms with Crippen molar-refractivity contribution in [1.82, 2.24) is 4.90 Å². The van der Waals surface area contributed by atoms with Gasteiger partial charge in [-0.2, -0.15) is 0 Å². The number of para-hydroxylation sites is 1. The third kappa shape index (κ3) is 4.12. The lowest BCUT2D eigenvalue weighted by Gasteiger charge is -2.28. The van der Waals surface area contributed by atoms with Gasteiger partial charge in [0.15, 0.2) is 5.17 Å². The van der Waals surface area contributed by atoms with E-state index in [9.17, 15) is 4.39 Å². The van der Waals surface area contributed by atoms with Crippen LogP contribution in [0, 0.1) is 5.82 Å². The Morgan fingerprint density at radius 3 is 2.50 bits per heavy atom. The summed E-state index contributed by atoms with van der Waals surface area (Å²) in [5.41, 5.74) is 0.433. The van der Waals surface area contributed by atoms with Gasteiger partial charge in [-0.15, -0.1) is 24.0 Å². The normalized spacial score (nSPS) is 16.3. The first-order chi connectivity index (χ1) is 8.31. The monoisotopic (exact) mass is 380 g/mol. The summed E-state index contributed by atoms with van der Waals surface area (Å²) in [6.07, 6.45) is 5.69. The Balaban J connectivity index is 0.00000162. The topological polar surface area (TPSA) is 15.6 Å². The van der Waals surface area contributed by atoms with Crippen LogP contribution in [0.25, 0.3) is 0 Å². The third-order valence-electron chi connectivity index (χ3n) is 2.88. The van der Waals surface area contributed by atoms with E-state index in [1.807, 2.05) is 12.3 Å². The maximum absolute atomic E-state index is 13.5. The number of hydrogen-bond donors (Lipinski definition) is 0. The summed E-state index contributed by atoms with van der Waals surface area (Å²) in [5.74, 6) is -0.254. The highest BCUT2D eigenvalue weighted by molar-refractivity contribution is 14.0. The fourth-order valence-corrected chi connectivity index (χ4v) is 2.61. The number of rotatable bonds is 1. The number of nitrogens with zero attached hydrogens (tertiary/aromatic N) is 2. The number of halogens is 2. The Bertz CT molecular complexity index is 406. The molecule has 2 rings (SSSR count). The SMILES string of the molecule is CSC(=Nc1ccccc1F)N1CCCCC1.I. The fourth-order valence-electron chi connectivity index (χ4n) is 1.98. The van der Waals surface area contributed by atoms with Crippen LogP contribution >= 0.6 is 35.7 Å². The molecule has 1 aliphatic heterocycles. The fraction of sp³-hybridized carbons (Fsp3) is 0.462. The lowest BCUT2D eigenvalue weighted by Crippen LogP contribution is -2.33. The molecule has 0 aromatic heterocycles. The van der Waals surface area contributed by atoms with Gasteiger partial charge in [-0.05, 0) is 37.7 Å². The molecule has 1 aromatic rings. The van der Waals surface area contributed by atoms with Gasteiger partial charge in [0, 0.05) is 13.1 Å². The number of piperidine rings is 1. The Morgan fingerprint density at radius 1 is 1.22 bits per heavy atom. The zero-order chi connectivity index (χ0) is 12.1. The predicted molar refractivity (Wildman–Crippen MR) is 87.8 cm³/mol. The van der Waals surface area contributed by atoms with Crippen molar-refractivity contribution in [2.45, 2.75) is 19.3 Å². The van der Waals surface area contributed by atoms with Gasteiger partial charge in [0.1, 0.15) is 11.5 Å². The van der Waals surface area contributed by atoms with Crippen molar-refractivity contribution >= 4 is 46.6 Å². The molecule has 100 valence electrons. The smallest absolute Gasteiger partial charge is 0.164 e. The summed E-state index contributed by atoms with van der Waals surface area (Å²) < 4.78 is 13.5. The molecule has 5 heteroatoms. The molecular formula is C13H18FIN2S. The quantitative estimate of drug-likeness (QED) is 0.411. The molecule has 1 fully saturated rings. The maximum atomic E-state index is 13.5. The first-order valence-electron chi connectivity index (χ1n) is 5.93. The lowest BCUT2D eigenvalue weighted by molar-refractivity contribution is 0.348. The van der Waals surface area contributed by atoms with E-state index in [1.54, 1.807) is 23.9 Å². The predicted octanol–water partition coefficient (Wildman–Crippen LogP) is 4.28. The molecule has 1 aromatic carbocycles. The van der Waals surface area contributed by atoms with E-state index in [0.29, 0.717) is 5.69 Å². The molecule has 0 amide bonds. The van der Waals surface area contributed by atoms with Crippen molar-refractivity contribution in [3.05, 3.63) is 30.1 Å². The van der Waals surface area contributed by atoms with Crippen LogP contribution < -0.4 is 0 Å². The largest absolute Gasteiger partial charge is 0.351 e. The zero-order valence-corrected chi connectivity index (χ0v) is 13.6. The summed E-state index contributed by atoms with van der Waals surface area (Å²) in [7, 11) is 0. The first-order valence-corrected chi connectivity index (χ1v) is 7.16. The van der Waals surface area contributed by atoms with Crippen molar-refractivity contribution in [1.29, 1.82) is 0 Å². The summed E-state index contributed by atoms with van der Waals surface area (Å²) in [6.45, 7) is 2.07. The molecule has 1 heterocycles. The lowest BCUT2D eigenvalue weighted by atomic mass is 10.1. The second-order valence-corrected chi connectivity index (χ2v) is 4.87. The number of hydrogen-bond acceptors (Lipinski definition) is 2. The highest BCUT2D eigenvalue weighted by Gasteiger charge is 2.14. The zero-order valence-electron chi connectivity index (χ0n) is 10.4. The third-order valence-corrected chi connectivity index (χ3v) is 3.59. The van der Waals surface area contributed by atoms with Crippen molar-refractivity contribution in [3.8, 4) is 0 Å². The van der Waals surface area contributed by atoms with Gasteiger partial charge in [-0.1, -0.05) is 23.9 Å². The van der Waals surface area contributed by atoms with Gasteiger partial charge in [0.2, 0.25) is 0 Å². The molecule has 18 heavy (non-hydrogen) atoms. The van der Waals surface area contributed by atoms with Gasteiger partial charge in [0.25, 0.3) is 0 Å². The number of amidine groups is 1. The average molecular weight is 380 g/mol. The molecule has 0 unspecified atom stereocenters. The Labute approximate surface area is 129 Å². The van der Waals surface area contributed by atoms with E-state index in [1.165, 1.54) is 25.3 Å². The van der Waals surface area contributed by atoms with Crippen LogP contribution in [0.2, 0.25) is 0 Å². The van der Waals surface area contributed by atoms with E-state index >= 15 is 0 Å².